The van der Waals surface area contributed by atoms with Crippen LogP contribution in [0.1, 0.15) is 5.56 Å². The molecule has 0 fully saturated rings. The number of nitrogens with zero attached hydrogens (tertiary/aromatic N) is 2. The Morgan fingerprint density at radius 1 is 0.962 bits per heavy atom. The molecule has 0 aliphatic heterocycles. The number of hydrogen-bond acceptors (Lipinski definition) is 4. The second-order valence-electron chi connectivity index (χ2n) is 5.81. The van der Waals surface area contributed by atoms with E-state index in [4.69, 9.17) is 5.26 Å². The normalized spacial score (nSPS) is 10.2. The van der Waals surface area contributed by atoms with Crippen LogP contribution in [0, 0.1) is 17.1 Å². The van der Waals surface area contributed by atoms with Gasteiger partial charge in [0, 0.05) is 11.4 Å². The maximum absolute atomic E-state index is 12.8. The number of nitrogens with one attached hydrogen (secondary N) is 2. The minimum Gasteiger partial charge on any atom is -0.325 e. The predicted molar refractivity (Wildman–Crippen MR) is 96.9 cm³/mol. The van der Waals surface area contributed by atoms with Crippen LogP contribution in [0.15, 0.2) is 48.5 Å². The van der Waals surface area contributed by atoms with Crippen molar-refractivity contribution in [2.24, 2.45) is 0 Å². The molecular formula is C19H19FN4O2. The zero-order valence-electron chi connectivity index (χ0n) is 14.3. The number of nitriles is 1. The number of benzene rings is 2. The van der Waals surface area contributed by atoms with Crippen LogP contribution in [0.3, 0.4) is 0 Å². The van der Waals surface area contributed by atoms with E-state index in [1.807, 2.05) is 0 Å². The van der Waals surface area contributed by atoms with Crippen LogP contribution in [0.4, 0.5) is 15.8 Å². The van der Waals surface area contributed by atoms with Gasteiger partial charge in [-0.15, -0.1) is 0 Å². The Morgan fingerprint density at radius 3 is 1.88 bits per heavy atom. The van der Waals surface area contributed by atoms with Crippen molar-refractivity contribution < 1.29 is 14.0 Å². The van der Waals surface area contributed by atoms with E-state index in [9.17, 15) is 14.0 Å². The lowest BCUT2D eigenvalue weighted by molar-refractivity contribution is -0.119. The standard InChI is InChI=1S/C19H19FN4O2/c1-24(13-19(26)23-17-8-4-15(20)5-9-17)12-18(25)22-16-6-2-14(3-7-16)10-11-21/h2-9H,10,12-13H2,1H3,(H,22,25)(H,23,26). The highest BCUT2D eigenvalue weighted by Gasteiger charge is 2.11. The lowest BCUT2D eigenvalue weighted by atomic mass is 10.1. The molecule has 0 unspecified atom stereocenters. The number of carbonyl (C=O) groups excluding carboxylic acids is 2. The highest BCUT2D eigenvalue weighted by atomic mass is 19.1. The van der Waals surface area contributed by atoms with E-state index >= 15 is 0 Å². The van der Waals surface area contributed by atoms with Crippen molar-refractivity contribution >= 4 is 23.2 Å². The van der Waals surface area contributed by atoms with E-state index in [-0.39, 0.29) is 30.7 Å². The van der Waals surface area contributed by atoms with Crippen molar-refractivity contribution in [3.8, 4) is 6.07 Å². The summed E-state index contributed by atoms with van der Waals surface area (Å²) in [6.07, 6.45) is 0.320. The zero-order chi connectivity index (χ0) is 18.9. The number of halogens is 1. The second kappa shape index (κ2) is 9.30. The Kier molecular flexibility index (Phi) is 6.83. The highest BCUT2D eigenvalue weighted by Crippen LogP contribution is 2.10. The maximum Gasteiger partial charge on any atom is 0.238 e. The van der Waals surface area contributed by atoms with E-state index in [0.29, 0.717) is 17.8 Å². The van der Waals surface area contributed by atoms with Gasteiger partial charge in [-0.1, -0.05) is 12.1 Å². The Hall–Kier alpha value is -3.24. The van der Waals surface area contributed by atoms with Crippen molar-refractivity contribution in [2.45, 2.75) is 6.42 Å². The fraction of sp³-hybridized carbons (Fsp3) is 0.211. The van der Waals surface area contributed by atoms with Gasteiger partial charge in [0.15, 0.2) is 0 Å². The summed E-state index contributed by atoms with van der Waals surface area (Å²) in [6.45, 7) is 0.0582. The number of anilines is 2. The molecule has 26 heavy (non-hydrogen) atoms. The minimum absolute atomic E-state index is 0.0197. The van der Waals surface area contributed by atoms with Crippen LogP contribution in [-0.4, -0.2) is 36.9 Å². The summed E-state index contributed by atoms with van der Waals surface area (Å²) in [5.41, 5.74) is 1.99. The molecule has 0 aromatic heterocycles. The highest BCUT2D eigenvalue weighted by molar-refractivity contribution is 5.94. The molecule has 0 atom stereocenters. The summed E-state index contributed by atoms with van der Waals surface area (Å²) in [5, 5.41) is 14.0. The molecule has 0 aliphatic rings. The summed E-state index contributed by atoms with van der Waals surface area (Å²) in [4.78, 5) is 25.5. The molecule has 2 aromatic rings. The Bertz CT molecular complexity index is 798. The average Bonchev–Trinajstić information content (AvgIpc) is 2.58. The van der Waals surface area contributed by atoms with Crippen molar-refractivity contribution in [3.05, 3.63) is 59.9 Å². The molecule has 0 saturated heterocycles. The molecule has 0 aliphatic carbocycles. The molecule has 2 aromatic carbocycles. The fourth-order valence-electron chi connectivity index (χ4n) is 2.28. The monoisotopic (exact) mass is 354 g/mol. The van der Waals surface area contributed by atoms with Gasteiger partial charge in [0.05, 0.1) is 25.6 Å². The molecule has 0 bridgehead atoms. The first-order valence-corrected chi connectivity index (χ1v) is 7.96. The van der Waals surface area contributed by atoms with Crippen LogP contribution < -0.4 is 10.6 Å². The first kappa shape index (κ1) is 19.1. The zero-order valence-corrected chi connectivity index (χ0v) is 14.3. The predicted octanol–water partition coefficient (Wildman–Crippen LogP) is 2.40. The molecule has 7 heteroatoms. The summed E-state index contributed by atoms with van der Waals surface area (Å²) >= 11 is 0. The topological polar surface area (TPSA) is 85.2 Å². The van der Waals surface area contributed by atoms with Gasteiger partial charge < -0.3 is 10.6 Å². The van der Waals surface area contributed by atoms with Crippen LogP contribution in [0.2, 0.25) is 0 Å². The molecule has 134 valence electrons. The fourth-order valence-corrected chi connectivity index (χ4v) is 2.28. The molecule has 0 radical (unpaired) electrons. The van der Waals surface area contributed by atoms with Gasteiger partial charge in [-0.25, -0.2) is 4.39 Å². The second-order valence-corrected chi connectivity index (χ2v) is 5.81. The first-order valence-electron chi connectivity index (χ1n) is 7.96. The molecule has 0 spiro atoms. The summed E-state index contributed by atoms with van der Waals surface area (Å²) < 4.78 is 12.8. The largest absolute Gasteiger partial charge is 0.325 e. The Balaban J connectivity index is 1.78. The number of rotatable bonds is 7. The molecule has 2 amide bonds. The van der Waals surface area contributed by atoms with Gasteiger partial charge in [0.25, 0.3) is 0 Å². The summed E-state index contributed by atoms with van der Waals surface area (Å²) in [7, 11) is 1.65. The van der Waals surface area contributed by atoms with Gasteiger partial charge in [0.1, 0.15) is 5.82 Å². The third-order valence-electron chi connectivity index (χ3n) is 3.48. The van der Waals surface area contributed by atoms with E-state index in [2.05, 4.69) is 16.7 Å². The summed E-state index contributed by atoms with van der Waals surface area (Å²) in [6, 6.07) is 14.5. The molecule has 0 heterocycles. The van der Waals surface area contributed by atoms with Gasteiger partial charge in [-0.3, -0.25) is 14.5 Å². The average molecular weight is 354 g/mol. The van der Waals surface area contributed by atoms with E-state index in [1.54, 1.807) is 36.2 Å². The van der Waals surface area contributed by atoms with Crippen LogP contribution >= 0.6 is 0 Å². The number of amides is 2. The lowest BCUT2D eigenvalue weighted by Gasteiger charge is -2.16. The van der Waals surface area contributed by atoms with Crippen molar-refractivity contribution in [1.82, 2.24) is 4.90 Å². The van der Waals surface area contributed by atoms with Gasteiger partial charge in [-0.2, -0.15) is 5.26 Å². The van der Waals surface area contributed by atoms with E-state index in [1.165, 1.54) is 24.3 Å². The number of likely N-dealkylation sites (N-methyl/N-ethyl adjacent to an activating group) is 1. The maximum atomic E-state index is 12.8. The van der Waals surface area contributed by atoms with Crippen molar-refractivity contribution in [3.63, 3.8) is 0 Å². The Morgan fingerprint density at radius 2 is 1.42 bits per heavy atom. The molecule has 2 N–H and O–H groups in total. The van der Waals surface area contributed by atoms with Crippen molar-refractivity contribution in [2.75, 3.05) is 30.8 Å². The van der Waals surface area contributed by atoms with Crippen LogP contribution in [0.5, 0.6) is 0 Å². The van der Waals surface area contributed by atoms with E-state index in [0.717, 1.165) is 5.56 Å². The van der Waals surface area contributed by atoms with Gasteiger partial charge in [0.2, 0.25) is 11.8 Å². The van der Waals surface area contributed by atoms with Crippen molar-refractivity contribution in [1.29, 1.82) is 5.26 Å². The first-order chi connectivity index (χ1) is 12.5. The van der Waals surface area contributed by atoms with Crippen LogP contribution in [-0.2, 0) is 16.0 Å². The van der Waals surface area contributed by atoms with Gasteiger partial charge in [-0.05, 0) is 49.0 Å². The minimum atomic E-state index is -0.377. The molecular weight excluding hydrogens is 335 g/mol. The molecule has 2 rings (SSSR count). The molecule has 6 nitrogen and oxygen atoms in total. The van der Waals surface area contributed by atoms with Crippen LogP contribution in [0.25, 0.3) is 0 Å². The molecule has 0 saturated carbocycles. The third kappa shape index (κ3) is 6.34. The van der Waals surface area contributed by atoms with E-state index < -0.39 is 0 Å². The number of hydrogen-bond donors (Lipinski definition) is 2. The quantitative estimate of drug-likeness (QED) is 0.800. The SMILES string of the molecule is CN(CC(=O)Nc1ccc(F)cc1)CC(=O)Nc1ccc(CC#N)cc1. The smallest absolute Gasteiger partial charge is 0.238 e. The number of carbonyl (C=O) groups is 2. The lowest BCUT2D eigenvalue weighted by Crippen LogP contribution is -2.36. The third-order valence-corrected chi connectivity index (χ3v) is 3.48. The summed E-state index contributed by atoms with van der Waals surface area (Å²) in [5.74, 6) is -0.930. The van der Waals surface area contributed by atoms with Gasteiger partial charge >= 0.3 is 0 Å². The Labute approximate surface area is 151 Å².